The molecular formula is C24H23NO5. The Balaban J connectivity index is 1.57. The van der Waals surface area contributed by atoms with Crippen LogP contribution in [0.15, 0.2) is 42.5 Å². The van der Waals surface area contributed by atoms with E-state index in [0.29, 0.717) is 5.56 Å². The summed E-state index contributed by atoms with van der Waals surface area (Å²) in [4.78, 5) is 53.0. The summed E-state index contributed by atoms with van der Waals surface area (Å²) in [6.45, 7) is 3.59. The summed E-state index contributed by atoms with van der Waals surface area (Å²) in [6, 6.07) is 11.3. The van der Waals surface area contributed by atoms with Crippen LogP contribution in [0.2, 0.25) is 0 Å². The van der Waals surface area contributed by atoms with Gasteiger partial charge in [0.15, 0.2) is 18.2 Å². The molecule has 1 aliphatic heterocycles. The first-order valence-corrected chi connectivity index (χ1v) is 10.2. The number of fused-ring (bicyclic) bond motifs is 2. The summed E-state index contributed by atoms with van der Waals surface area (Å²) in [5.41, 5.74) is 0.815. The molecule has 1 heterocycles. The standard InChI is InChI=1S/C24H23NO5/c1-14-7-5-8-15(2)25(14)20(26)13-30-24(29)19-12-6-11-18-21(19)23(28)17-10-4-3-9-16(17)22(18)27/h3-4,6,9-12,14-15H,5,7-8,13H2,1-2H3/t14-,15-/m1/s1. The SMILES string of the molecule is C[C@@H]1CCC[C@@H](C)N1C(=O)COC(=O)c1cccc2c1C(=O)c1ccccc1C2=O. The van der Waals surface area contributed by atoms with Gasteiger partial charge in [-0.05, 0) is 39.2 Å². The summed E-state index contributed by atoms with van der Waals surface area (Å²) >= 11 is 0. The fourth-order valence-corrected chi connectivity index (χ4v) is 4.51. The van der Waals surface area contributed by atoms with Crippen LogP contribution in [0, 0.1) is 0 Å². The normalized spacial score (nSPS) is 20.4. The lowest BCUT2D eigenvalue weighted by atomic mass is 9.82. The van der Waals surface area contributed by atoms with E-state index in [1.54, 1.807) is 35.2 Å². The van der Waals surface area contributed by atoms with Crippen molar-refractivity contribution >= 4 is 23.4 Å². The highest BCUT2D eigenvalue weighted by Gasteiger charge is 2.34. The van der Waals surface area contributed by atoms with E-state index in [-0.39, 0.29) is 46.0 Å². The predicted octanol–water partition coefficient (Wildman–Crippen LogP) is 3.41. The maximum atomic E-state index is 13.0. The molecule has 2 atom stereocenters. The van der Waals surface area contributed by atoms with Crippen LogP contribution in [0.5, 0.6) is 0 Å². The molecule has 0 radical (unpaired) electrons. The maximum absolute atomic E-state index is 13.0. The van der Waals surface area contributed by atoms with Crippen molar-refractivity contribution in [1.29, 1.82) is 0 Å². The lowest BCUT2D eigenvalue weighted by Crippen LogP contribution is -2.49. The molecule has 2 aliphatic rings. The molecule has 0 saturated carbocycles. The number of rotatable bonds is 3. The Labute approximate surface area is 174 Å². The number of amides is 1. The first kappa shape index (κ1) is 20.0. The molecule has 0 aromatic heterocycles. The number of ether oxygens (including phenoxy) is 1. The van der Waals surface area contributed by atoms with Crippen LogP contribution in [-0.4, -0.2) is 47.0 Å². The number of benzene rings is 2. The summed E-state index contributed by atoms with van der Waals surface area (Å²) in [5.74, 6) is -1.72. The van der Waals surface area contributed by atoms with Gasteiger partial charge in [0.2, 0.25) is 0 Å². The summed E-state index contributed by atoms with van der Waals surface area (Å²) in [6.07, 6.45) is 2.91. The second-order valence-corrected chi connectivity index (χ2v) is 7.94. The topological polar surface area (TPSA) is 80.8 Å². The number of piperidine rings is 1. The molecule has 0 unspecified atom stereocenters. The Morgan fingerprint density at radius 3 is 2.17 bits per heavy atom. The van der Waals surface area contributed by atoms with Gasteiger partial charge in [-0.3, -0.25) is 14.4 Å². The third-order valence-electron chi connectivity index (χ3n) is 5.98. The Bertz CT molecular complexity index is 1050. The highest BCUT2D eigenvalue weighted by atomic mass is 16.5. The first-order valence-electron chi connectivity index (χ1n) is 10.2. The Morgan fingerprint density at radius 2 is 1.50 bits per heavy atom. The molecule has 2 aromatic rings. The highest BCUT2D eigenvalue weighted by molar-refractivity contribution is 6.30. The molecule has 154 valence electrons. The third kappa shape index (κ3) is 3.32. The van der Waals surface area contributed by atoms with Gasteiger partial charge >= 0.3 is 5.97 Å². The van der Waals surface area contributed by atoms with Gasteiger partial charge in [-0.1, -0.05) is 36.4 Å². The van der Waals surface area contributed by atoms with E-state index in [9.17, 15) is 19.2 Å². The van der Waals surface area contributed by atoms with Gasteiger partial charge < -0.3 is 9.64 Å². The van der Waals surface area contributed by atoms with Crippen molar-refractivity contribution < 1.29 is 23.9 Å². The van der Waals surface area contributed by atoms with Crippen LogP contribution >= 0.6 is 0 Å². The number of ketones is 2. The smallest absolute Gasteiger partial charge is 0.339 e. The van der Waals surface area contributed by atoms with E-state index in [1.807, 2.05) is 13.8 Å². The fourth-order valence-electron chi connectivity index (χ4n) is 4.51. The minimum Gasteiger partial charge on any atom is -0.452 e. The van der Waals surface area contributed by atoms with Crippen LogP contribution in [0.3, 0.4) is 0 Å². The number of carbonyl (C=O) groups excluding carboxylic acids is 4. The number of hydrogen-bond donors (Lipinski definition) is 0. The maximum Gasteiger partial charge on any atom is 0.339 e. The number of likely N-dealkylation sites (tertiary alicyclic amines) is 1. The zero-order chi connectivity index (χ0) is 21.4. The van der Waals surface area contributed by atoms with Gasteiger partial charge in [0.05, 0.1) is 5.56 Å². The van der Waals surface area contributed by atoms with Crippen LogP contribution in [-0.2, 0) is 9.53 Å². The van der Waals surface area contributed by atoms with E-state index in [2.05, 4.69) is 0 Å². The molecule has 1 amide bonds. The van der Waals surface area contributed by atoms with Crippen molar-refractivity contribution in [3.63, 3.8) is 0 Å². The molecule has 0 bridgehead atoms. The van der Waals surface area contributed by atoms with Crippen LogP contribution < -0.4 is 0 Å². The number of nitrogens with zero attached hydrogens (tertiary/aromatic N) is 1. The first-order chi connectivity index (χ1) is 14.4. The van der Waals surface area contributed by atoms with E-state index in [0.717, 1.165) is 19.3 Å². The average Bonchev–Trinajstić information content (AvgIpc) is 2.75. The zero-order valence-electron chi connectivity index (χ0n) is 17.0. The van der Waals surface area contributed by atoms with Crippen molar-refractivity contribution in [3.8, 4) is 0 Å². The number of hydrogen-bond acceptors (Lipinski definition) is 5. The Morgan fingerprint density at radius 1 is 0.900 bits per heavy atom. The van der Waals surface area contributed by atoms with Crippen molar-refractivity contribution in [2.75, 3.05) is 6.61 Å². The average molecular weight is 405 g/mol. The van der Waals surface area contributed by atoms with Crippen molar-refractivity contribution in [2.24, 2.45) is 0 Å². The second kappa shape index (κ2) is 7.86. The van der Waals surface area contributed by atoms with Gasteiger partial charge in [0.1, 0.15) is 0 Å². The number of esters is 1. The van der Waals surface area contributed by atoms with Crippen molar-refractivity contribution in [2.45, 2.75) is 45.2 Å². The van der Waals surface area contributed by atoms with Gasteiger partial charge in [-0.2, -0.15) is 0 Å². The van der Waals surface area contributed by atoms with E-state index in [1.165, 1.54) is 12.1 Å². The van der Waals surface area contributed by atoms with Crippen molar-refractivity contribution in [3.05, 3.63) is 70.3 Å². The summed E-state index contributed by atoms with van der Waals surface area (Å²) in [7, 11) is 0. The Hall–Kier alpha value is -3.28. The van der Waals surface area contributed by atoms with Crippen LogP contribution in [0.25, 0.3) is 0 Å². The lowest BCUT2D eigenvalue weighted by molar-refractivity contribution is -0.140. The quantitative estimate of drug-likeness (QED) is 0.624. The predicted molar refractivity (Wildman–Crippen MR) is 110 cm³/mol. The molecule has 6 heteroatoms. The molecular weight excluding hydrogens is 382 g/mol. The molecule has 1 fully saturated rings. The van der Waals surface area contributed by atoms with Gasteiger partial charge in [-0.25, -0.2) is 4.79 Å². The highest BCUT2D eigenvalue weighted by Crippen LogP contribution is 2.30. The third-order valence-corrected chi connectivity index (χ3v) is 5.98. The second-order valence-electron chi connectivity index (χ2n) is 7.94. The van der Waals surface area contributed by atoms with E-state index in [4.69, 9.17) is 4.74 Å². The zero-order valence-corrected chi connectivity index (χ0v) is 17.0. The molecule has 2 aromatic carbocycles. The molecule has 0 N–H and O–H groups in total. The molecule has 30 heavy (non-hydrogen) atoms. The molecule has 0 spiro atoms. The fraction of sp³-hybridized carbons (Fsp3) is 0.333. The summed E-state index contributed by atoms with van der Waals surface area (Å²) in [5, 5.41) is 0. The van der Waals surface area contributed by atoms with E-state index >= 15 is 0 Å². The van der Waals surface area contributed by atoms with Crippen LogP contribution in [0.4, 0.5) is 0 Å². The van der Waals surface area contributed by atoms with Gasteiger partial charge in [-0.15, -0.1) is 0 Å². The monoisotopic (exact) mass is 405 g/mol. The minimum atomic E-state index is -0.780. The van der Waals surface area contributed by atoms with Crippen LogP contribution in [0.1, 0.15) is 75.3 Å². The van der Waals surface area contributed by atoms with E-state index < -0.39 is 18.4 Å². The molecule has 1 aliphatic carbocycles. The lowest BCUT2D eigenvalue weighted by Gasteiger charge is -2.38. The minimum absolute atomic E-state index is 0.00731. The largest absolute Gasteiger partial charge is 0.452 e. The molecule has 6 nitrogen and oxygen atoms in total. The summed E-state index contributed by atoms with van der Waals surface area (Å²) < 4.78 is 5.28. The molecule has 4 rings (SSSR count). The van der Waals surface area contributed by atoms with Crippen molar-refractivity contribution in [1.82, 2.24) is 4.90 Å². The number of carbonyl (C=O) groups is 4. The Kier molecular flexibility index (Phi) is 5.24. The van der Waals surface area contributed by atoms with Gasteiger partial charge in [0.25, 0.3) is 5.91 Å². The van der Waals surface area contributed by atoms with Gasteiger partial charge in [0, 0.05) is 34.3 Å². The molecule has 1 saturated heterocycles.